The molecule has 31 heavy (non-hydrogen) atoms. The molecule has 0 radical (unpaired) electrons. The van der Waals surface area contributed by atoms with Gasteiger partial charge in [-0.1, -0.05) is 185 Å². The molecular formula is C30H61I. The molecule has 1 heteroatoms. The highest BCUT2D eigenvalue weighted by atomic mass is 127. The molecule has 188 valence electrons. The normalized spacial score (nSPS) is 13.5. The summed E-state index contributed by atoms with van der Waals surface area (Å²) in [6.45, 7) is 6.97. The van der Waals surface area contributed by atoms with Crippen LogP contribution in [-0.2, 0) is 0 Å². The molecule has 0 nitrogen and oxygen atoms in total. The largest absolute Gasteiger partial charge is 0.0861 e. The Morgan fingerprint density at radius 1 is 0.387 bits per heavy atom. The maximum Gasteiger partial charge on any atom is 0.00238 e. The highest BCUT2D eigenvalue weighted by Gasteiger charge is 2.15. The summed E-state index contributed by atoms with van der Waals surface area (Å²) in [5, 5.41) is 0. The molecule has 0 aromatic carbocycles. The van der Waals surface area contributed by atoms with Crippen molar-refractivity contribution in [1.29, 1.82) is 0 Å². The minimum absolute atomic E-state index is 0.992. The molecule has 0 aliphatic rings. The maximum absolute atomic E-state index is 2.68. The van der Waals surface area contributed by atoms with Gasteiger partial charge in [-0.25, -0.2) is 0 Å². The fourth-order valence-electron chi connectivity index (χ4n) is 5.10. The van der Waals surface area contributed by atoms with Gasteiger partial charge in [0.25, 0.3) is 0 Å². The molecule has 0 aliphatic carbocycles. The Labute approximate surface area is 213 Å². The third-order valence-electron chi connectivity index (χ3n) is 7.28. The summed E-state index contributed by atoms with van der Waals surface area (Å²) in [5.41, 5.74) is 0. The van der Waals surface area contributed by atoms with Gasteiger partial charge < -0.3 is 0 Å². The molecule has 0 N–H and O–H groups in total. The second-order valence-electron chi connectivity index (χ2n) is 10.5. The Hall–Kier alpha value is 0.730. The summed E-state index contributed by atoms with van der Waals surface area (Å²) in [4.78, 5) is 0. The van der Waals surface area contributed by atoms with Crippen LogP contribution in [0.4, 0.5) is 0 Å². The molecule has 0 heterocycles. The second kappa shape index (κ2) is 27.0. The molecule has 0 amide bonds. The van der Waals surface area contributed by atoms with Crippen LogP contribution in [0.15, 0.2) is 0 Å². The molecule has 0 saturated heterocycles. The summed E-state index contributed by atoms with van der Waals surface area (Å²) in [5.74, 6) is 2.01. The predicted octanol–water partition coefficient (Wildman–Crippen LogP) is 12.1. The van der Waals surface area contributed by atoms with E-state index in [-0.39, 0.29) is 0 Å². The molecule has 2 unspecified atom stereocenters. The number of rotatable bonds is 26. The number of alkyl halides is 1. The SMILES string of the molecule is CCCCCCCCCCC(CCCCCCCC)CC(CI)CCCCCCCC. The Balaban J connectivity index is 4.14. The van der Waals surface area contributed by atoms with Crippen LogP contribution in [0.5, 0.6) is 0 Å². The first-order chi connectivity index (χ1) is 15.3. The van der Waals surface area contributed by atoms with E-state index in [1.165, 1.54) is 159 Å². The molecule has 0 rings (SSSR count). The zero-order chi connectivity index (χ0) is 22.8. The van der Waals surface area contributed by atoms with E-state index in [9.17, 15) is 0 Å². The van der Waals surface area contributed by atoms with Crippen molar-refractivity contribution in [3.05, 3.63) is 0 Å². The van der Waals surface area contributed by atoms with Gasteiger partial charge in [-0.15, -0.1) is 0 Å². The van der Waals surface area contributed by atoms with Crippen molar-refractivity contribution in [2.75, 3.05) is 4.43 Å². The van der Waals surface area contributed by atoms with Gasteiger partial charge in [0.05, 0.1) is 0 Å². The summed E-state index contributed by atoms with van der Waals surface area (Å²) in [7, 11) is 0. The Bertz CT molecular complexity index is 314. The zero-order valence-corrected chi connectivity index (χ0v) is 24.4. The first-order valence-corrected chi connectivity index (χ1v) is 16.4. The molecule has 0 aromatic heterocycles. The van der Waals surface area contributed by atoms with Gasteiger partial charge in [0.1, 0.15) is 0 Å². The molecule has 0 aliphatic heterocycles. The van der Waals surface area contributed by atoms with Gasteiger partial charge in [-0.2, -0.15) is 0 Å². The lowest BCUT2D eigenvalue weighted by atomic mass is 9.85. The van der Waals surface area contributed by atoms with Crippen LogP contribution in [-0.4, -0.2) is 4.43 Å². The van der Waals surface area contributed by atoms with E-state index in [0.29, 0.717) is 0 Å². The van der Waals surface area contributed by atoms with E-state index in [0.717, 1.165) is 11.8 Å². The number of hydrogen-bond donors (Lipinski definition) is 0. The van der Waals surface area contributed by atoms with Crippen molar-refractivity contribution in [2.45, 2.75) is 175 Å². The predicted molar refractivity (Wildman–Crippen MR) is 154 cm³/mol. The van der Waals surface area contributed by atoms with Crippen molar-refractivity contribution < 1.29 is 0 Å². The Morgan fingerprint density at radius 2 is 0.677 bits per heavy atom. The van der Waals surface area contributed by atoms with E-state index in [1.54, 1.807) is 0 Å². The number of unbranched alkanes of at least 4 members (excludes halogenated alkanes) is 17. The molecule has 0 spiro atoms. The van der Waals surface area contributed by atoms with Crippen molar-refractivity contribution in [1.82, 2.24) is 0 Å². The summed E-state index contributed by atoms with van der Waals surface area (Å²) >= 11 is 2.68. The van der Waals surface area contributed by atoms with E-state index in [1.807, 2.05) is 0 Å². The van der Waals surface area contributed by atoms with Crippen LogP contribution in [0.25, 0.3) is 0 Å². The third kappa shape index (κ3) is 23.7. The van der Waals surface area contributed by atoms with Gasteiger partial charge in [-0.3, -0.25) is 0 Å². The van der Waals surface area contributed by atoms with Gasteiger partial charge in [0.2, 0.25) is 0 Å². The van der Waals surface area contributed by atoms with Gasteiger partial charge in [-0.05, 0) is 24.7 Å². The lowest BCUT2D eigenvalue weighted by Crippen LogP contribution is -2.11. The molecule has 0 bridgehead atoms. The molecule has 0 saturated carbocycles. The fraction of sp³-hybridized carbons (Fsp3) is 1.00. The van der Waals surface area contributed by atoms with E-state index < -0.39 is 0 Å². The zero-order valence-electron chi connectivity index (χ0n) is 22.2. The maximum atomic E-state index is 2.68. The molecular weight excluding hydrogens is 487 g/mol. The van der Waals surface area contributed by atoms with E-state index in [2.05, 4.69) is 43.4 Å². The van der Waals surface area contributed by atoms with Crippen LogP contribution in [0, 0.1) is 11.8 Å². The highest BCUT2D eigenvalue weighted by Crippen LogP contribution is 2.29. The molecule has 0 fully saturated rings. The Kier molecular flexibility index (Phi) is 27.6. The van der Waals surface area contributed by atoms with Crippen molar-refractivity contribution in [3.8, 4) is 0 Å². The van der Waals surface area contributed by atoms with Crippen LogP contribution in [0.3, 0.4) is 0 Å². The highest BCUT2D eigenvalue weighted by molar-refractivity contribution is 14.1. The number of hydrogen-bond acceptors (Lipinski definition) is 0. The third-order valence-corrected chi connectivity index (χ3v) is 8.53. The standard InChI is InChI=1S/C30H61I/c1-4-7-10-13-16-17-20-22-25-29(24-21-18-14-11-8-5-2)27-30(28-31)26-23-19-15-12-9-6-3/h29-30H,4-28H2,1-3H3. The van der Waals surface area contributed by atoms with Gasteiger partial charge >= 0.3 is 0 Å². The van der Waals surface area contributed by atoms with Gasteiger partial charge in [0, 0.05) is 4.43 Å². The summed E-state index contributed by atoms with van der Waals surface area (Å²) in [6, 6.07) is 0. The lowest BCUT2D eigenvalue weighted by Gasteiger charge is -2.23. The average molecular weight is 549 g/mol. The van der Waals surface area contributed by atoms with Crippen LogP contribution in [0.2, 0.25) is 0 Å². The first-order valence-electron chi connectivity index (χ1n) is 14.8. The first kappa shape index (κ1) is 31.7. The monoisotopic (exact) mass is 548 g/mol. The van der Waals surface area contributed by atoms with E-state index in [4.69, 9.17) is 0 Å². The van der Waals surface area contributed by atoms with Crippen molar-refractivity contribution in [3.63, 3.8) is 0 Å². The van der Waals surface area contributed by atoms with Crippen LogP contribution in [0.1, 0.15) is 175 Å². The fourth-order valence-corrected chi connectivity index (χ4v) is 5.90. The average Bonchev–Trinajstić information content (AvgIpc) is 2.78. The van der Waals surface area contributed by atoms with E-state index >= 15 is 0 Å². The number of halogens is 1. The molecule has 2 atom stereocenters. The van der Waals surface area contributed by atoms with Crippen molar-refractivity contribution >= 4 is 22.6 Å². The van der Waals surface area contributed by atoms with Gasteiger partial charge in [0.15, 0.2) is 0 Å². The molecule has 0 aromatic rings. The summed E-state index contributed by atoms with van der Waals surface area (Å²) < 4.78 is 1.39. The Morgan fingerprint density at radius 3 is 1.00 bits per heavy atom. The smallest absolute Gasteiger partial charge is 0.00238 e. The van der Waals surface area contributed by atoms with Crippen molar-refractivity contribution in [2.24, 2.45) is 11.8 Å². The van der Waals surface area contributed by atoms with Crippen LogP contribution >= 0.6 is 22.6 Å². The second-order valence-corrected chi connectivity index (χ2v) is 11.4. The topological polar surface area (TPSA) is 0 Å². The van der Waals surface area contributed by atoms with Crippen LogP contribution < -0.4 is 0 Å². The lowest BCUT2D eigenvalue weighted by molar-refractivity contribution is 0.318. The summed E-state index contributed by atoms with van der Waals surface area (Å²) in [6.07, 6.45) is 35.2. The minimum atomic E-state index is 0.992. The minimum Gasteiger partial charge on any atom is -0.0861 e. The quantitative estimate of drug-likeness (QED) is 0.0573.